The summed E-state index contributed by atoms with van der Waals surface area (Å²) in [5.41, 5.74) is 1.51. The van der Waals surface area contributed by atoms with Crippen LogP contribution in [-0.2, 0) is 21.3 Å². The first-order chi connectivity index (χ1) is 14.3. The number of esters is 1. The molecule has 0 heterocycles. The summed E-state index contributed by atoms with van der Waals surface area (Å²) in [7, 11) is -1.06. The smallest absolute Gasteiger partial charge is 0.337 e. The van der Waals surface area contributed by atoms with Crippen LogP contribution in [0, 0.1) is 6.92 Å². The lowest BCUT2D eigenvalue weighted by Gasteiger charge is -2.19. The second-order valence-corrected chi connectivity index (χ2v) is 8.81. The topological polar surface area (TPSA) is 72.9 Å². The molecule has 0 aliphatic carbocycles. The molecule has 30 heavy (non-hydrogen) atoms. The van der Waals surface area contributed by atoms with Crippen LogP contribution in [0.5, 0.6) is 11.5 Å². The number of carbonyl (C=O) groups excluding carboxylic acids is 1. The third-order valence-corrected chi connectivity index (χ3v) is 6.53. The standard InChI is InChI=1S/C23H23NO5S/c1-17-12-13-19(23(25)28-3)15-22(17)30(26,27)24(2)16-18-8-7-11-21(14-18)29-20-9-5-4-6-10-20/h4-15H,16H2,1-3H3. The Hall–Kier alpha value is -3.16. The maximum Gasteiger partial charge on any atom is 0.337 e. The summed E-state index contributed by atoms with van der Waals surface area (Å²) in [6.07, 6.45) is 0. The predicted molar refractivity (Wildman–Crippen MR) is 114 cm³/mol. The fraction of sp³-hybridized carbons (Fsp3) is 0.174. The van der Waals surface area contributed by atoms with Gasteiger partial charge in [0.2, 0.25) is 10.0 Å². The molecule has 0 fully saturated rings. The Morgan fingerprint density at radius 1 is 0.933 bits per heavy atom. The summed E-state index contributed by atoms with van der Waals surface area (Å²) >= 11 is 0. The fourth-order valence-electron chi connectivity index (χ4n) is 2.96. The van der Waals surface area contributed by atoms with Gasteiger partial charge in [-0.3, -0.25) is 0 Å². The van der Waals surface area contributed by atoms with Gasteiger partial charge in [0.1, 0.15) is 11.5 Å². The Morgan fingerprint density at radius 3 is 2.33 bits per heavy atom. The Bertz CT molecular complexity index is 1140. The summed E-state index contributed by atoms with van der Waals surface area (Å²) in [4.78, 5) is 11.9. The molecule has 3 aromatic rings. The molecule has 3 aromatic carbocycles. The average Bonchev–Trinajstić information content (AvgIpc) is 2.74. The van der Waals surface area contributed by atoms with Crippen LogP contribution in [0.4, 0.5) is 0 Å². The monoisotopic (exact) mass is 425 g/mol. The highest BCUT2D eigenvalue weighted by molar-refractivity contribution is 7.89. The van der Waals surface area contributed by atoms with Crippen molar-refractivity contribution in [2.45, 2.75) is 18.4 Å². The van der Waals surface area contributed by atoms with E-state index < -0.39 is 16.0 Å². The molecule has 0 N–H and O–H groups in total. The van der Waals surface area contributed by atoms with E-state index in [0.29, 0.717) is 17.1 Å². The zero-order valence-electron chi connectivity index (χ0n) is 17.0. The average molecular weight is 426 g/mol. The molecule has 0 unspecified atom stereocenters. The van der Waals surface area contributed by atoms with E-state index in [-0.39, 0.29) is 17.0 Å². The predicted octanol–water partition coefficient (Wildman–Crippen LogP) is 4.39. The number of benzene rings is 3. The first-order valence-corrected chi connectivity index (χ1v) is 10.7. The van der Waals surface area contributed by atoms with Gasteiger partial charge in [-0.05, 0) is 54.4 Å². The van der Waals surface area contributed by atoms with Gasteiger partial charge in [0, 0.05) is 13.6 Å². The molecule has 3 rings (SSSR count). The van der Waals surface area contributed by atoms with Gasteiger partial charge in [0.15, 0.2) is 0 Å². The van der Waals surface area contributed by atoms with Crippen molar-refractivity contribution in [3.05, 3.63) is 89.5 Å². The van der Waals surface area contributed by atoms with Crippen LogP contribution >= 0.6 is 0 Å². The first kappa shape index (κ1) is 21.5. The second kappa shape index (κ2) is 9.11. The van der Waals surface area contributed by atoms with E-state index in [2.05, 4.69) is 0 Å². The van der Waals surface area contributed by atoms with Gasteiger partial charge in [-0.2, -0.15) is 4.31 Å². The van der Waals surface area contributed by atoms with Crippen LogP contribution in [0.1, 0.15) is 21.5 Å². The lowest BCUT2D eigenvalue weighted by atomic mass is 10.1. The van der Waals surface area contributed by atoms with Gasteiger partial charge in [-0.25, -0.2) is 13.2 Å². The maximum atomic E-state index is 13.1. The summed E-state index contributed by atoms with van der Waals surface area (Å²) in [5.74, 6) is 0.735. The van der Waals surface area contributed by atoms with Crippen LogP contribution in [0.15, 0.2) is 77.7 Å². The fourth-order valence-corrected chi connectivity index (χ4v) is 4.37. The minimum absolute atomic E-state index is 0.0737. The molecule has 7 heteroatoms. The van der Waals surface area contributed by atoms with Crippen molar-refractivity contribution in [2.75, 3.05) is 14.2 Å². The number of sulfonamides is 1. The van der Waals surface area contributed by atoms with Crippen molar-refractivity contribution < 1.29 is 22.7 Å². The minimum atomic E-state index is -3.82. The Kier molecular flexibility index (Phi) is 6.54. The van der Waals surface area contributed by atoms with E-state index in [1.54, 1.807) is 25.1 Å². The summed E-state index contributed by atoms with van der Waals surface area (Å²) in [6.45, 7) is 1.84. The third kappa shape index (κ3) is 4.87. The molecular weight excluding hydrogens is 402 g/mol. The van der Waals surface area contributed by atoms with Crippen molar-refractivity contribution in [3.8, 4) is 11.5 Å². The SMILES string of the molecule is COC(=O)c1ccc(C)c(S(=O)(=O)N(C)Cc2cccc(Oc3ccccc3)c2)c1. The normalized spacial score (nSPS) is 11.3. The van der Waals surface area contributed by atoms with Gasteiger partial charge in [0.05, 0.1) is 17.6 Å². The van der Waals surface area contributed by atoms with E-state index in [4.69, 9.17) is 9.47 Å². The molecule has 0 aliphatic heterocycles. The number of carbonyl (C=O) groups is 1. The molecule has 6 nitrogen and oxygen atoms in total. The number of rotatable bonds is 7. The number of ether oxygens (including phenoxy) is 2. The first-order valence-electron chi connectivity index (χ1n) is 9.28. The highest BCUT2D eigenvalue weighted by Crippen LogP contribution is 2.25. The Balaban J connectivity index is 1.82. The molecule has 0 aromatic heterocycles. The molecule has 0 spiro atoms. The molecular formula is C23H23NO5S. The maximum absolute atomic E-state index is 13.1. The van der Waals surface area contributed by atoms with Crippen LogP contribution in [-0.4, -0.2) is 32.8 Å². The molecule has 0 amide bonds. The van der Waals surface area contributed by atoms with Crippen molar-refractivity contribution >= 4 is 16.0 Å². The van der Waals surface area contributed by atoms with Crippen molar-refractivity contribution in [1.82, 2.24) is 4.31 Å². The molecule has 0 saturated heterocycles. The van der Waals surface area contributed by atoms with Crippen LogP contribution in [0.3, 0.4) is 0 Å². The lowest BCUT2D eigenvalue weighted by Crippen LogP contribution is -2.27. The number of nitrogens with zero attached hydrogens (tertiary/aromatic N) is 1. The number of hydrogen-bond donors (Lipinski definition) is 0. The Labute approximate surface area is 176 Å². The number of aryl methyl sites for hydroxylation is 1. The van der Waals surface area contributed by atoms with Crippen LogP contribution in [0.2, 0.25) is 0 Å². The summed E-state index contributed by atoms with van der Waals surface area (Å²) < 4.78 is 38.1. The largest absolute Gasteiger partial charge is 0.465 e. The van der Waals surface area contributed by atoms with Crippen molar-refractivity contribution in [2.24, 2.45) is 0 Å². The number of hydrogen-bond acceptors (Lipinski definition) is 5. The minimum Gasteiger partial charge on any atom is -0.465 e. The molecule has 0 radical (unpaired) electrons. The lowest BCUT2D eigenvalue weighted by molar-refractivity contribution is 0.0600. The van der Waals surface area contributed by atoms with E-state index in [1.165, 1.54) is 24.5 Å². The quantitative estimate of drug-likeness (QED) is 0.525. The molecule has 0 aliphatic rings. The van der Waals surface area contributed by atoms with E-state index in [9.17, 15) is 13.2 Å². The second-order valence-electron chi connectivity index (χ2n) is 6.80. The van der Waals surface area contributed by atoms with Gasteiger partial charge in [-0.1, -0.05) is 36.4 Å². The van der Waals surface area contributed by atoms with Gasteiger partial charge >= 0.3 is 5.97 Å². The summed E-state index contributed by atoms with van der Waals surface area (Å²) in [6, 6.07) is 21.1. The van der Waals surface area contributed by atoms with Crippen molar-refractivity contribution in [3.63, 3.8) is 0 Å². The molecule has 156 valence electrons. The third-order valence-electron chi connectivity index (χ3n) is 4.58. The van der Waals surface area contributed by atoms with E-state index in [0.717, 1.165) is 5.56 Å². The molecule has 0 saturated carbocycles. The number of para-hydroxylation sites is 1. The molecule has 0 bridgehead atoms. The Morgan fingerprint density at radius 2 is 1.63 bits per heavy atom. The van der Waals surface area contributed by atoms with E-state index >= 15 is 0 Å². The highest BCUT2D eigenvalue weighted by atomic mass is 32.2. The van der Waals surface area contributed by atoms with Crippen LogP contribution in [0.25, 0.3) is 0 Å². The van der Waals surface area contributed by atoms with Crippen molar-refractivity contribution in [1.29, 1.82) is 0 Å². The van der Waals surface area contributed by atoms with Gasteiger partial charge < -0.3 is 9.47 Å². The zero-order chi connectivity index (χ0) is 21.7. The van der Waals surface area contributed by atoms with Gasteiger partial charge in [-0.15, -0.1) is 0 Å². The molecule has 0 atom stereocenters. The van der Waals surface area contributed by atoms with E-state index in [1.807, 2.05) is 48.5 Å². The number of methoxy groups -OCH3 is 1. The summed E-state index contributed by atoms with van der Waals surface area (Å²) in [5, 5.41) is 0. The van der Waals surface area contributed by atoms with Gasteiger partial charge in [0.25, 0.3) is 0 Å². The zero-order valence-corrected chi connectivity index (χ0v) is 17.8. The van der Waals surface area contributed by atoms with Crippen LogP contribution < -0.4 is 4.74 Å². The highest BCUT2D eigenvalue weighted by Gasteiger charge is 2.24.